The van der Waals surface area contributed by atoms with Crippen molar-refractivity contribution in [3.63, 3.8) is 0 Å². The minimum atomic E-state index is 0.962. The highest BCUT2D eigenvalue weighted by atomic mass is 15.1. The van der Waals surface area contributed by atoms with Crippen molar-refractivity contribution < 1.29 is 0 Å². The Morgan fingerprint density at radius 2 is 2.09 bits per heavy atom. The Kier molecular flexibility index (Phi) is 1.92. The lowest BCUT2D eigenvalue weighted by Crippen LogP contribution is -2.23. The molecule has 1 aliphatic carbocycles. The summed E-state index contributed by atoms with van der Waals surface area (Å²) in [5.41, 5.74) is 0. The van der Waals surface area contributed by atoms with Gasteiger partial charge in [-0.2, -0.15) is 0 Å². The van der Waals surface area contributed by atoms with Gasteiger partial charge in [-0.3, -0.25) is 0 Å². The zero-order valence-electron chi connectivity index (χ0n) is 7.71. The Morgan fingerprint density at radius 1 is 1.36 bits per heavy atom. The summed E-state index contributed by atoms with van der Waals surface area (Å²) in [7, 11) is 0. The molecule has 2 aliphatic rings. The van der Waals surface area contributed by atoms with Crippen LogP contribution in [0.3, 0.4) is 0 Å². The number of hydrogen-bond acceptors (Lipinski definition) is 1. The molecule has 11 heavy (non-hydrogen) atoms. The van der Waals surface area contributed by atoms with Crippen molar-refractivity contribution in [1.82, 2.24) is 4.90 Å². The van der Waals surface area contributed by atoms with E-state index in [1.165, 1.54) is 32.5 Å². The van der Waals surface area contributed by atoms with E-state index in [2.05, 4.69) is 18.7 Å². The van der Waals surface area contributed by atoms with Crippen molar-refractivity contribution in [2.75, 3.05) is 19.6 Å². The minimum Gasteiger partial charge on any atom is -0.303 e. The summed E-state index contributed by atoms with van der Waals surface area (Å²) in [6, 6.07) is 0. The summed E-state index contributed by atoms with van der Waals surface area (Å²) in [6.45, 7) is 8.87. The van der Waals surface area contributed by atoms with Crippen LogP contribution in [-0.4, -0.2) is 24.5 Å². The second-order valence-electron chi connectivity index (χ2n) is 4.63. The molecule has 3 unspecified atom stereocenters. The van der Waals surface area contributed by atoms with Gasteiger partial charge in [0.05, 0.1) is 0 Å². The molecule has 1 heteroatoms. The van der Waals surface area contributed by atoms with Crippen LogP contribution in [0.25, 0.3) is 0 Å². The second kappa shape index (κ2) is 2.78. The normalized spacial score (nSPS) is 44.7. The van der Waals surface area contributed by atoms with Crippen LogP contribution in [0, 0.1) is 17.8 Å². The van der Waals surface area contributed by atoms with Crippen LogP contribution >= 0.6 is 0 Å². The molecule has 1 saturated carbocycles. The van der Waals surface area contributed by atoms with E-state index in [0.29, 0.717) is 0 Å². The number of hydrogen-bond donors (Lipinski definition) is 0. The van der Waals surface area contributed by atoms with Gasteiger partial charge >= 0.3 is 0 Å². The summed E-state index contributed by atoms with van der Waals surface area (Å²) in [6.07, 6.45) is 2.92. The maximum atomic E-state index is 2.65. The standard InChI is InChI=1S/C10H19N/c1-8-3-4-11(6-8)7-10-5-9(10)2/h8-10H,3-7H2,1-2H3. The maximum Gasteiger partial charge on any atom is 0.00124 e. The predicted octanol–water partition coefficient (Wildman–Crippen LogP) is 1.98. The molecule has 0 radical (unpaired) electrons. The van der Waals surface area contributed by atoms with Crippen molar-refractivity contribution >= 4 is 0 Å². The van der Waals surface area contributed by atoms with E-state index in [9.17, 15) is 0 Å². The van der Waals surface area contributed by atoms with Gasteiger partial charge < -0.3 is 4.90 Å². The summed E-state index contributed by atoms with van der Waals surface area (Å²) in [5.74, 6) is 3.05. The van der Waals surface area contributed by atoms with E-state index < -0.39 is 0 Å². The van der Waals surface area contributed by atoms with Gasteiger partial charge in [0.15, 0.2) is 0 Å². The van der Waals surface area contributed by atoms with E-state index in [0.717, 1.165) is 17.8 Å². The third kappa shape index (κ3) is 1.76. The van der Waals surface area contributed by atoms with E-state index in [4.69, 9.17) is 0 Å². The fraction of sp³-hybridized carbons (Fsp3) is 1.00. The summed E-state index contributed by atoms with van der Waals surface area (Å²) in [5, 5.41) is 0. The first kappa shape index (κ1) is 7.60. The first-order chi connectivity index (χ1) is 5.25. The molecule has 2 rings (SSSR count). The van der Waals surface area contributed by atoms with Crippen molar-refractivity contribution in [2.45, 2.75) is 26.7 Å². The zero-order chi connectivity index (χ0) is 7.84. The van der Waals surface area contributed by atoms with Crippen LogP contribution in [0.5, 0.6) is 0 Å². The molecule has 0 spiro atoms. The number of nitrogens with zero attached hydrogens (tertiary/aromatic N) is 1. The van der Waals surface area contributed by atoms with Crippen LogP contribution in [0.15, 0.2) is 0 Å². The van der Waals surface area contributed by atoms with Crippen LogP contribution in [0.4, 0.5) is 0 Å². The van der Waals surface area contributed by atoms with Gasteiger partial charge in [0.1, 0.15) is 0 Å². The van der Waals surface area contributed by atoms with Crippen molar-refractivity contribution in [1.29, 1.82) is 0 Å². The van der Waals surface area contributed by atoms with Crippen LogP contribution in [0.1, 0.15) is 26.7 Å². The van der Waals surface area contributed by atoms with E-state index in [1.807, 2.05) is 0 Å². The fourth-order valence-corrected chi connectivity index (χ4v) is 2.18. The summed E-state index contributed by atoms with van der Waals surface area (Å²) >= 11 is 0. The fourth-order valence-electron chi connectivity index (χ4n) is 2.18. The molecule has 0 aromatic rings. The molecule has 2 fully saturated rings. The monoisotopic (exact) mass is 153 g/mol. The molecular weight excluding hydrogens is 134 g/mol. The molecule has 0 aromatic heterocycles. The van der Waals surface area contributed by atoms with Gasteiger partial charge in [0, 0.05) is 13.1 Å². The smallest absolute Gasteiger partial charge is 0.00124 e. The second-order valence-corrected chi connectivity index (χ2v) is 4.63. The Labute approximate surface area is 69.8 Å². The molecule has 1 aliphatic heterocycles. The third-order valence-electron chi connectivity index (χ3n) is 3.28. The zero-order valence-corrected chi connectivity index (χ0v) is 7.71. The quantitative estimate of drug-likeness (QED) is 0.586. The lowest BCUT2D eigenvalue weighted by atomic mass is 10.2. The highest BCUT2D eigenvalue weighted by molar-refractivity contribution is 4.86. The number of likely N-dealkylation sites (tertiary alicyclic amines) is 1. The van der Waals surface area contributed by atoms with Crippen LogP contribution in [-0.2, 0) is 0 Å². The Morgan fingerprint density at radius 3 is 2.55 bits per heavy atom. The molecule has 3 atom stereocenters. The van der Waals surface area contributed by atoms with E-state index in [1.54, 1.807) is 0 Å². The molecule has 0 amide bonds. The largest absolute Gasteiger partial charge is 0.303 e. The molecule has 64 valence electrons. The molecule has 0 aromatic carbocycles. The first-order valence-electron chi connectivity index (χ1n) is 4.98. The van der Waals surface area contributed by atoms with Crippen LogP contribution < -0.4 is 0 Å². The van der Waals surface area contributed by atoms with Gasteiger partial charge in [-0.15, -0.1) is 0 Å². The minimum absolute atomic E-state index is 0.962. The first-order valence-corrected chi connectivity index (χ1v) is 4.98. The van der Waals surface area contributed by atoms with Gasteiger partial charge in [0.2, 0.25) is 0 Å². The van der Waals surface area contributed by atoms with Gasteiger partial charge in [-0.05, 0) is 37.1 Å². The number of rotatable bonds is 2. The molecule has 0 bridgehead atoms. The van der Waals surface area contributed by atoms with Crippen LogP contribution in [0.2, 0.25) is 0 Å². The molecule has 1 heterocycles. The summed E-state index contributed by atoms with van der Waals surface area (Å²) in [4.78, 5) is 2.65. The van der Waals surface area contributed by atoms with Crippen molar-refractivity contribution in [3.05, 3.63) is 0 Å². The Balaban J connectivity index is 1.71. The predicted molar refractivity (Wildman–Crippen MR) is 47.5 cm³/mol. The lowest BCUT2D eigenvalue weighted by Gasteiger charge is -2.14. The average Bonchev–Trinajstić information content (AvgIpc) is 2.42. The molecule has 0 N–H and O–H groups in total. The van der Waals surface area contributed by atoms with E-state index >= 15 is 0 Å². The van der Waals surface area contributed by atoms with Crippen molar-refractivity contribution in [2.24, 2.45) is 17.8 Å². The van der Waals surface area contributed by atoms with E-state index in [-0.39, 0.29) is 0 Å². The molecular formula is C10H19N. The Bertz CT molecular complexity index is 144. The van der Waals surface area contributed by atoms with Gasteiger partial charge in [-0.1, -0.05) is 13.8 Å². The maximum absolute atomic E-state index is 2.65. The molecule has 1 nitrogen and oxygen atoms in total. The lowest BCUT2D eigenvalue weighted by molar-refractivity contribution is 0.309. The van der Waals surface area contributed by atoms with Crippen molar-refractivity contribution in [3.8, 4) is 0 Å². The average molecular weight is 153 g/mol. The Hall–Kier alpha value is -0.0400. The highest BCUT2D eigenvalue weighted by Crippen LogP contribution is 2.38. The topological polar surface area (TPSA) is 3.24 Å². The third-order valence-corrected chi connectivity index (χ3v) is 3.28. The molecule has 1 saturated heterocycles. The highest BCUT2D eigenvalue weighted by Gasteiger charge is 2.34. The van der Waals surface area contributed by atoms with Gasteiger partial charge in [-0.25, -0.2) is 0 Å². The van der Waals surface area contributed by atoms with Gasteiger partial charge in [0.25, 0.3) is 0 Å². The summed E-state index contributed by atoms with van der Waals surface area (Å²) < 4.78 is 0. The SMILES string of the molecule is CC1CCN(CC2CC2C)C1.